The minimum Gasteiger partial charge on any atom is -0.206 e. The van der Waals surface area contributed by atoms with Gasteiger partial charge in [-0.25, -0.2) is 4.39 Å². The molecule has 0 aliphatic heterocycles. The van der Waals surface area contributed by atoms with E-state index in [-0.39, 0.29) is 0 Å². The molecule has 1 rings (SSSR count). The monoisotopic (exact) mass is 258 g/mol. The van der Waals surface area contributed by atoms with Gasteiger partial charge in [-0.05, 0) is 29.8 Å². The predicted octanol–water partition coefficient (Wildman–Crippen LogP) is 3.88. The smallest absolute Gasteiger partial charge is 0.206 e. The Kier molecular flexibility index (Phi) is 2.68. The van der Waals surface area contributed by atoms with Crippen LogP contribution in [0.25, 0.3) is 0 Å². The molecule has 0 saturated carbocycles. The lowest BCUT2D eigenvalue weighted by Crippen LogP contribution is -2.05. The molecule has 0 spiro atoms. The Balaban J connectivity index is 3.19. The largest absolute Gasteiger partial charge is 0.351 e. The molecule has 0 aliphatic carbocycles. The van der Waals surface area contributed by atoms with Crippen LogP contribution in [0.2, 0.25) is 0 Å². The summed E-state index contributed by atoms with van der Waals surface area (Å²) in [4.78, 5) is 0. The van der Waals surface area contributed by atoms with E-state index in [4.69, 9.17) is 0 Å². The third-order valence-electron chi connectivity index (χ3n) is 1.24. The first-order valence-electron chi connectivity index (χ1n) is 2.93. The Labute approximate surface area is 80.5 Å². The quantitative estimate of drug-likeness (QED) is 0.672. The average Bonchev–Trinajstić information content (AvgIpc) is 1.83. The van der Waals surface area contributed by atoms with Gasteiger partial charge >= 0.3 is 5.38 Å². The minimum atomic E-state index is -3.65. The molecule has 1 aromatic rings. The van der Waals surface area contributed by atoms with Crippen molar-refractivity contribution >= 4 is 27.5 Å². The molecule has 0 amide bonds. The van der Waals surface area contributed by atoms with Gasteiger partial charge in [0.05, 0.1) is 5.56 Å². The topological polar surface area (TPSA) is 0 Å². The summed E-state index contributed by atoms with van der Waals surface area (Å²) in [6, 6.07) is 3.17. The summed E-state index contributed by atoms with van der Waals surface area (Å²) >= 11 is 7.56. The number of benzene rings is 1. The van der Waals surface area contributed by atoms with E-state index >= 15 is 0 Å². The zero-order chi connectivity index (χ0) is 9.35. The van der Waals surface area contributed by atoms with Crippen LogP contribution < -0.4 is 0 Å². The normalized spacial score (nSPS) is 11.8. The van der Waals surface area contributed by atoms with Gasteiger partial charge in [-0.2, -0.15) is 8.78 Å². The third kappa shape index (κ3) is 2.14. The van der Waals surface area contributed by atoms with E-state index in [9.17, 15) is 13.2 Å². The van der Waals surface area contributed by atoms with Crippen LogP contribution in [-0.4, -0.2) is 0 Å². The van der Waals surface area contributed by atoms with E-state index in [1.165, 1.54) is 6.07 Å². The van der Waals surface area contributed by atoms with Gasteiger partial charge in [0.25, 0.3) is 0 Å². The number of hydrogen-bond donors (Lipinski definition) is 0. The Morgan fingerprint density at radius 3 is 2.33 bits per heavy atom. The molecule has 0 radical (unpaired) electrons. The van der Waals surface area contributed by atoms with Crippen LogP contribution in [0.3, 0.4) is 0 Å². The molecular formula is C7H3BrClF3. The van der Waals surface area contributed by atoms with Gasteiger partial charge in [-0.1, -0.05) is 15.9 Å². The van der Waals surface area contributed by atoms with E-state index in [2.05, 4.69) is 27.5 Å². The lowest BCUT2D eigenvalue weighted by molar-refractivity contribution is 0.0906. The molecule has 0 aliphatic rings. The van der Waals surface area contributed by atoms with Gasteiger partial charge in [0.2, 0.25) is 0 Å². The zero-order valence-electron chi connectivity index (χ0n) is 5.62. The molecular weight excluding hydrogens is 256 g/mol. The van der Waals surface area contributed by atoms with Crippen LogP contribution in [-0.2, 0) is 5.38 Å². The highest BCUT2D eigenvalue weighted by atomic mass is 79.9. The number of halogens is 5. The van der Waals surface area contributed by atoms with Crippen molar-refractivity contribution in [2.24, 2.45) is 0 Å². The van der Waals surface area contributed by atoms with Crippen LogP contribution in [0.1, 0.15) is 5.56 Å². The minimum absolute atomic E-state index is 0.393. The molecule has 0 saturated heterocycles. The average molecular weight is 259 g/mol. The van der Waals surface area contributed by atoms with Crippen molar-refractivity contribution in [1.29, 1.82) is 0 Å². The summed E-state index contributed by atoms with van der Waals surface area (Å²) in [5.74, 6) is -1.02. The molecule has 5 heteroatoms. The first-order chi connectivity index (χ1) is 5.41. The Morgan fingerprint density at radius 2 is 1.92 bits per heavy atom. The molecule has 0 aromatic heterocycles. The first-order valence-corrected chi connectivity index (χ1v) is 4.10. The molecule has 66 valence electrons. The molecule has 0 bridgehead atoms. The summed E-state index contributed by atoms with van der Waals surface area (Å²) < 4.78 is 37.9. The van der Waals surface area contributed by atoms with Crippen molar-refractivity contribution in [2.45, 2.75) is 5.38 Å². The second kappa shape index (κ2) is 3.26. The highest BCUT2D eigenvalue weighted by Gasteiger charge is 2.31. The van der Waals surface area contributed by atoms with Gasteiger partial charge in [0.15, 0.2) is 0 Å². The maximum absolute atomic E-state index is 12.8. The van der Waals surface area contributed by atoms with Gasteiger partial charge < -0.3 is 0 Å². The number of rotatable bonds is 1. The standard InChI is InChI=1S/C7H3BrClF3/c8-4-1-2-5(6(10)3-4)7(9,11)12/h1-3H. The second-order valence-electron chi connectivity index (χ2n) is 2.12. The number of hydrogen-bond acceptors (Lipinski definition) is 0. The fourth-order valence-corrected chi connectivity index (χ4v) is 1.21. The van der Waals surface area contributed by atoms with Crippen molar-refractivity contribution in [3.63, 3.8) is 0 Å². The highest BCUT2D eigenvalue weighted by Crippen LogP contribution is 2.34. The van der Waals surface area contributed by atoms with Crippen molar-refractivity contribution in [1.82, 2.24) is 0 Å². The Bertz CT molecular complexity index is 295. The van der Waals surface area contributed by atoms with Crippen LogP contribution in [0.15, 0.2) is 22.7 Å². The lowest BCUT2D eigenvalue weighted by atomic mass is 10.2. The lowest BCUT2D eigenvalue weighted by Gasteiger charge is -2.08. The van der Waals surface area contributed by atoms with Crippen LogP contribution in [0.5, 0.6) is 0 Å². The van der Waals surface area contributed by atoms with Crippen molar-refractivity contribution in [3.8, 4) is 0 Å². The highest BCUT2D eigenvalue weighted by molar-refractivity contribution is 9.10. The molecule has 0 atom stereocenters. The fraction of sp³-hybridized carbons (Fsp3) is 0.143. The summed E-state index contributed by atoms with van der Waals surface area (Å²) in [6.07, 6.45) is 0. The van der Waals surface area contributed by atoms with E-state index in [0.29, 0.717) is 4.47 Å². The summed E-state index contributed by atoms with van der Waals surface area (Å²) in [6.45, 7) is 0. The third-order valence-corrected chi connectivity index (χ3v) is 1.93. The molecule has 0 nitrogen and oxygen atoms in total. The SMILES string of the molecule is Fc1cc(Br)ccc1C(F)(F)Cl. The zero-order valence-corrected chi connectivity index (χ0v) is 7.96. The van der Waals surface area contributed by atoms with Gasteiger partial charge in [-0.15, -0.1) is 0 Å². The Morgan fingerprint density at radius 1 is 1.33 bits per heavy atom. The van der Waals surface area contributed by atoms with E-state index < -0.39 is 16.8 Å². The Hall–Kier alpha value is -0.220. The van der Waals surface area contributed by atoms with Gasteiger partial charge in [0, 0.05) is 4.47 Å². The van der Waals surface area contributed by atoms with Crippen LogP contribution in [0, 0.1) is 5.82 Å². The van der Waals surface area contributed by atoms with Crippen LogP contribution >= 0.6 is 27.5 Å². The maximum atomic E-state index is 12.8. The molecule has 0 heterocycles. The van der Waals surface area contributed by atoms with E-state index in [1.807, 2.05) is 0 Å². The maximum Gasteiger partial charge on any atom is 0.351 e. The first kappa shape index (κ1) is 9.86. The molecule has 0 unspecified atom stereocenters. The number of alkyl halides is 3. The fourth-order valence-electron chi connectivity index (χ4n) is 0.719. The summed E-state index contributed by atoms with van der Waals surface area (Å²) in [5, 5.41) is -3.65. The van der Waals surface area contributed by atoms with Crippen LogP contribution in [0.4, 0.5) is 13.2 Å². The second-order valence-corrected chi connectivity index (χ2v) is 3.51. The van der Waals surface area contributed by atoms with Gasteiger partial charge in [0.1, 0.15) is 5.82 Å². The van der Waals surface area contributed by atoms with Crippen molar-refractivity contribution in [2.75, 3.05) is 0 Å². The van der Waals surface area contributed by atoms with E-state index in [0.717, 1.165) is 12.1 Å². The van der Waals surface area contributed by atoms with Gasteiger partial charge in [-0.3, -0.25) is 0 Å². The molecule has 0 N–H and O–H groups in total. The molecule has 12 heavy (non-hydrogen) atoms. The summed E-state index contributed by atoms with van der Waals surface area (Å²) in [7, 11) is 0. The van der Waals surface area contributed by atoms with Crippen molar-refractivity contribution < 1.29 is 13.2 Å². The van der Waals surface area contributed by atoms with E-state index in [1.54, 1.807) is 0 Å². The van der Waals surface area contributed by atoms with Crippen molar-refractivity contribution in [3.05, 3.63) is 34.1 Å². The molecule has 1 aromatic carbocycles. The molecule has 0 fully saturated rings. The predicted molar refractivity (Wildman–Crippen MR) is 43.8 cm³/mol. The summed E-state index contributed by atoms with van der Waals surface area (Å²) in [5.41, 5.74) is -0.813.